The second-order valence-corrected chi connectivity index (χ2v) is 7.14. The van der Waals surface area contributed by atoms with Crippen molar-refractivity contribution in [2.75, 3.05) is 11.9 Å². The smallest absolute Gasteiger partial charge is 0.129 e. The molecule has 4 nitrogen and oxygen atoms in total. The minimum absolute atomic E-state index is 0.127. The summed E-state index contributed by atoms with van der Waals surface area (Å²) in [6.07, 6.45) is 1.85. The molecule has 0 spiro atoms. The first-order valence-electron chi connectivity index (χ1n) is 7.42. The predicted octanol–water partition coefficient (Wildman–Crippen LogP) is 3.76. The molecule has 0 unspecified atom stereocenters. The van der Waals surface area contributed by atoms with Gasteiger partial charge in [-0.1, -0.05) is 27.7 Å². The van der Waals surface area contributed by atoms with E-state index in [1.54, 1.807) is 11.3 Å². The minimum atomic E-state index is 0.127. The lowest BCUT2D eigenvalue weighted by molar-refractivity contribution is 0.571. The van der Waals surface area contributed by atoms with E-state index in [4.69, 9.17) is 4.98 Å². The van der Waals surface area contributed by atoms with Crippen LogP contribution in [0.5, 0.6) is 0 Å². The molecule has 2 rings (SSSR count). The summed E-state index contributed by atoms with van der Waals surface area (Å²) in [6.45, 7) is 11.5. The third kappa shape index (κ3) is 4.49. The number of nitrogens with zero attached hydrogens (tertiary/aromatic N) is 3. The van der Waals surface area contributed by atoms with E-state index in [9.17, 15) is 0 Å². The molecule has 0 aliphatic carbocycles. The molecule has 0 aromatic carbocycles. The van der Waals surface area contributed by atoms with E-state index in [0.717, 1.165) is 36.7 Å². The molecule has 1 N–H and O–H groups in total. The highest BCUT2D eigenvalue weighted by Crippen LogP contribution is 2.24. The number of hydrogen-bond acceptors (Lipinski definition) is 5. The molecule has 0 amide bonds. The summed E-state index contributed by atoms with van der Waals surface area (Å²) < 4.78 is 0. The van der Waals surface area contributed by atoms with Gasteiger partial charge in [0.15, 0.2) is 0 Å². The van der Waals surface area contributed by atoms with Crippen molar-refractivity contribution >= 4 is 17.2 Å². The molecule has 0 radical (unpaired) electrons. The van der Waals surface area contributed by atoms with Crippen LogP contribution in [-0.4, -0.2) is 21.5 Å². The summed E-state index contributed by atoms with van der Waals surface area (Å²) in [7, 11) is 0. The fourth-order valence-electron chi connectivity index (χ4n) is 1.97. The van der Waals surface area contributed by atoms with Gasteiger partial charge in [-0.05, 0) is 13.3 Å². The highest BCUT2D eigenvalue weighted by Gasteiger charge is 2.17. The summed E-state index contributed by atoms with van der Waals surface area (Å²) in [5.74, 6) is 1.73. The number of thiazole rings is 1. The quantitative estimate of drug-likeness (QED) is 0.914. The van der Waals surface area contributed by atoms with Gasteiger partial charge in [-0.15, -0.1) is 11.3 Å². The van der Waals surface area contributed by atoms with Crippen molar-refractivity contribution in [1.82, 2.24) is 15.0 Å². The standard InChI is InChI=1S/C16H24N4S/c1-6-12-9-14(19-11(2)18-12)17-8-7-15-20-13(10-21-15)16(3,4)5/h9-10H,6-8H2,1-5H3,(H,17,18,19). The molecular formula is C16H24N4S. The van der Waals surface area contributed by atoms with Crippen molar-refractivity contribution < 1.29 is 0 Å². The lowest BCUT2D eigenvalue weighted by Crippen LogP contribution is -2.12. The van der Waals surface area contributed by atoms with Gasteiger partial charge in [-0.2, -0.15) is 0 Å². The van der Waals surface area contributed by atoms with E-state index >= 15 is 0 Å². The molecule has 2 heterocycles. The zero-order valence-corrected chi connectivity index (χ0v) is 14.3. The SMILES string of the molecule is CCc1cc(NCCc2nc(C(C)(C)C)cs2)nc(C)n1. The van der Waals surface area contributed by atoms with Crippen molar-refractivity contribution in [3.63, 3.8) is 0 Å². The molecule has 0 aliphatic rings. The van der Waals surface area contributed by atoms with Gasteiger partial charge in [0.2, 0.25) is 0 Å². The van der Waals surface area contributed by atoms with Gasteiger partial charge in [0, 0.05) is 35.5 Å². The average Bonchev–Trinajstić information content (AvgIpc) is 2.87. The van der Waals surface area contributed by atoms with Crippen molar-refractivity contribution in [3.8, 4) is 0 Å². The highest BCUT2D eigenvalue weighted by atomic mass is 32.1. The molecule has 0 saturated carbocycles. The van der Waals surface area contributed by atoms with Crippen LogP contribution in [0.15, 0.2) is 11.4 Å². The summed E-state index contributed by atoms with van der Waals surface area (Å²) in [5, 5.41) is 6.71. The lowest BCUT2D eigenvalue weighted by Gasteiger charge is -2.14. The van der Waals surface area contributed by atoms with Gasteiger partial charge in [-0.3, -0.25) is 0 Å². The Morgan fingerprint density at radius 1 is 1.19 bits per heavy atom. The van der Waals surface area contributed by atoms with E-state index in [1.165, 1.54) is 10.7 Å². The van der Waals surface area contributed by atoms with Gasteiger partial charge < -0.3 is 5.32 Å². The lowest BCUT2D eigenvalue weighted by atomic mass is 9.93. The highest BCUT2D eigenvalue weighted by molar-refractivity contribution is 7.09. The van der Waals surface area contributed by atoms with Crippen LogP contribution >= 0.6 is 11.3 Å². The minimum Gasteiger partial charge on any atom is -0.370 e. The maximum absolute atomic E-state index is 4.71. The average molecular weight is 304 g/mol. The Hall–Kier alpha value is -1.49. The van der Waals surface area contributed by atoms with Crippen LogP contribution in [-0.2, 0) is 18.3 Å². The van der Waals surface area contributed by atoms with Crippen LogP contribution in [0, 0.1) is 6.92 Å². The Morgan fingerprint density at radius 2 is 1.95 bits per heavy atom. The molecule has 2 aromatic rings. The fourth-order valence-corrected chi connectivity index (χ4v) is 2.99. The molecule has 2 aromatic heterocycles. The number of hydrogen-bond donors (Lipinski definition) is 1. The van der Waals surface area contributed by atoms with Gasteiger partial charge in [0.1, 0.15) is 11.6 Å². The first-order chi connectivity index (χ1) is 9.88. The molecule has 0 saturated heterocycles. The molecule has 5 heteroatoms. The van der Waals surface area contributed by atoms with Crippen LogP contribution in [0.4, 0.5) is 5.82 Å². The van der Waals surface area contributed by atoms with Crippen molar-refractivity contribution in [2.45, 2.75) is 52.9 Å². The monoisotopic (exact) mass is 304 g/mol. The maximum atomic E-state index is 4.71. The number of aryl methyl sites for hydroxylation is 2. The largest absolute Gasteiger partial charge is 0.370 e. The summed E-state index contributed by atoms with van der Waals surface area (Å²) in [6, 6.07) is 2.02. The van der Waals surface area contributed by atoms with Gasteiger partial charge >= 0.3 is 0 Å². The number of anilines is 1. The fraction of sp³-hybridized carbons (Fsp3) is 0.562. The Balaban J connectivity index is 1.92. The molecule has 114 valence electrons. The third-order valence-electron chi connectivity index (χ3n) is 3.22. The zero-order chi connectivity index (χ0) is 15.5. The van der Waals surface area contributed by atoms with Crippen LogP contribution in [0.3, 0.4) is 0 Å². The predicted molar refractivity (Wildman–Crippen MR) is 89.2 cm³/mol. The molecule has 0 aliphatic heterocycles. The molecular weight excluding hydrogens is 280 g/mol. The number of nitrogens with one attached hydrogen (secondary N) is 1. The van der Waals surface area contributed by atoms with Crippen molar-refractivity contribution in [2.24, 2.45) is 0 Å². The second kappa shape index (κ2) is 6.52. The second-order valence-electron chi connectivity index (χ2n) is 6.20. The van der Waals surface area contributed by atoms with Crippen LogP contribution in [0.1, 0.15) is 49.9 Å². The summed E-state index contributed by atoms with van der Waals surface area (Å²) in [4.78, 5) is 13.5. The van der Waals surface area contributed by atoms with Gasteiger partial charge in [-0.25, -0.2) is 15.0 Å². The van der Waals surface area contributed by atoms with E-state index in [0.29, 0.717) is 0 Å². The van der Waals surface area contributed by atoms with Gasteiger partial charge in [0.05, 0.1) is 10.7 Å². The van der Waals surface area contributed by atoms with Crippen LogP contribution in [0.25, 0.3) is 0 Å². The zero-order valence-electron chi connectivity index (χ0n) is 13.5. The van der Waals surface area contributed by atoms with Crippen LogP contribution < -0.4 is 5.32 Å². The number of aromatic nitrogens is 3. The topological polar surface area (TPSA) is 50.7 Å². The Bertz CT molecular complexity index is 599. The maximum Gasteiger partial charge on any atom is 0.129 e. The normalized spacial score (nSPS) is 11.7. The Labute approximate surface area is 131 Å². The first kappa shape index (κ1) is 15.9. The Morgan fingerprint density at radius 3 is 2.57 bits per heavy atom. The van der Waals surface area contributed by atoms with E-state index in [2.05, 4.69) is 48.4 Å². The van der Waals surface area contributed by atoms with Gasteiger partial charge in [0.25, 0.3) is 0 Å². The molecule has 0 bridgehead atoms. The number of rotatable bonds is 5. The Kier molecular flexibility index (Phi) is 4.93. The summed E-state index contributed by atoms with van der Waals surface area (Å²) >= 11 is 1.74. The van der Waals surface area contributed by atoms with Crippen molar-refractivity contribution in [1.29, 1.82) is 0 Å². The third-order valence-corrected chi connectivity index (χ3v) is 4.13. The van der Waals surface area contributed by atoms with E-state index in [1.807, 2.05) is 13.0 Å². The molecule has 21 heavy (non-hydrogen) atoms. The van der Waals surface area contributed by atoms with E-state index in [-0.39, 0.29) is 5.41 Å². The molecule has 0 atom stereocenters. The van der Waals surface area contributed by atoms with E-state index < -0.39 is 0 Å². The van der Waals surface area contributed by atoms with Crippen LogP contribution in [0.2, 0.25) is 0 Å². The summed E-state index contributed by atoms with van der Waals surface area (Å²) in [5.41, 5.74) is 2.38. The first-order valence-corrected chi connectivity index (χ1v) is 8.29. The molecule has 0 fully saturated rings. The van der Waals surface area contributed by atoms with Crippen molar-refractivity contribution in [3.05, 3.63) is 33.7 Å².